The van der Waals surface area contributed by atoms with Crippen LogP contribution in [0.25, 0.3) is 0 Å². The fourth-order valence-corrected chi connectivity index (χ4v) is 2.18. The first-order valence-corrected chi connectivity index (χ1v) is 6.69. The van der Waals surface area contributed by atoms with Gasteiger partial charge in [-0.15, -0.1) is 0 Å². The van der Waals surface area contributed by atoms with Gasteiger partial charge in [0, 0.05) is 36.1 Å². The molecule has 1 aliphatic heterocycles. The zero-order chi connectivity index (χ0) is 13.1. The number of halogens is 1. The van der Waals surface area contributed by atoms with Crippen molar-refractivity contribution in [2.75, 3.05) is 19.6 Å². The van der Waals surface area contributed by atoms with Crippen molar-refractivity contribution >= 4 is 27.7 Å². The van der Waals surface area contributed by atoms with Crippen LogP contribution in [0.3, 0.4) is 0 Å². The first kappa shape index (κ1) is 13.1. The molecule has 1 saturated heterocycles. The van der Waals surface area contributed by atoms with E-state index in [0.29, 0.717) is 31.6 Å². The van der Waals surface area contributed by atoms with Crippen LogP contribution in [-0.2, 0) is 4.79 Å². The number of hydrogen-bond acceptors (Lipinski definition) is 2. The van der Waals surface area contributed by atoms with Crippen molar-refractivity contribution in [3.8, 4) is 0 Å². The van der Waals surface area contributed by atoms with Gasteiger partial charge in [-0.2, -0.15) is 0 Å². The van der Waals surface area contributed by atoms with E-state index in [9.17, 15) is 9.59 Å². The highest BCUT2D eigenvalue weighted by Gasteiger charge is 2.19. The second-order valence-corrected chi connectivity index (χ2v) is 5.21. The number of nitrogens with zero attached hydrogens (tertiary/aromatic N) is 1. The van der Waals surface area contributed by atoms with Gasteiger partial charge in [-0.1, -0.05) is 15.9 Å². The highest BCUT2D eigenvalue weighted by atomic mass is 79.9. The summed E-state index contributed by atoms with van der Waals surface area (Å²) in [5.41, 5.74) is 1.70. The number of rotatable bonds is 1. The monoisotopic (exact) mass is 310 g/mol. The Balaban J connectivity index is 2.14. The third kappa shape index (κ3) is 2.90. The van der Waals surface area contributed by atoms with Crippen molar-refractivity contribution in [2.45, 2.75) is 13.3 Å². The fraction of sp³-hybridized carbons (Fsp3) is 0.385. The summed E-state index contributed by atoms with van der Waals surface area (Å²) in [5, 5.41) is 2.76. The number of aryl methyl sites for hydroxylation is 1. The van der Waals surface area contributed by atoms with E-state index < -0.39 is 0 Å². The Morgan fingerprint density at radius 1 is 1.39 bits per heavy atom. The van der Waals surface area contributed by atoms with Crippen LogP contribution in [0.15, 0.2) is 22.7 Å². The van der Waals surface area contributed by atoms with Gasteiger partial charge in [0.2, 0.25) is 5.91 Å². The second kappa shape index (κ2) is 5.52. The van der Waals surface area contributed by atoms with Gasteiger partial charge in [-0.25, -0.2) is 0 Å². The molecule has 18 heavy (non-hydrogen) atoms. The van der Waals surface area contributed by atoms with Gasteiger partial charge in [0.25, 0.3) is 5.91 Å². The zero-order valence-corrected chi connectivity index (χ0v) is 11.8. The average molecular weight is 311 g/mol. The molecule has 1 heterocycles. The summed E-state index contributed by atoms with van der Waals surface area (Å²) in [5.74, 6) is -0.000568. The van der Waals surface area contributed by atoms with E-state index in [1.54, 1.807) is 11.0 Å². The molecule has 0 radical (unpaired) electrons. The predicted molar refractivity (Wildman–Crippen MR) is 72.4 cm³/mol. The van der Waals surface area contributed by atoms with E-state index in [-0.39, 0.29) is 11.8 Å². The van der Waals surface area contributed by atoms with Crippen LogP contribution in [0.4, 0.5) is 0 Å². The maximum atomic E-state index is 12.3. The third-order valence-corrected chi connectivity index (χ3v) is 3.89. The van der Waals surface area contributed by atoms with Gasteiger partial charge in [0.15, 0.2) is 0 Å². The van der Waals surface area contributed by atoms with Crippen LogP contribution in [0, 0.1) is 6.92 Å². The molecule has 1 N–H and O–H groups in total. The van der Waals surface area contributed by atoms with Crippen molar-refractivity contribution < 1.29 is 9.59 Å². The number of amides is 2. The van der Waals surface area contributed by atoms with Gasteiger partial charge in [0.05, 0.1) is 0 Å². The van der Waals surface area contributed by atoms with Crippen LogP contribution < -0.4 is 5.32 Å². The molecule has 96 valence electrons. The molecule has 1 aliphatic rings. The number of benzene rings is 1. The lowest BCUT2D eigenvalue weighted by molar-refractivity contribution is -0.120. The van der Waals surface area contributed by atoms with E-state index in [1.165, 1.54) is 0 Å². The highest BCUT2D eigenvalue weighted by Crippen LogP contribution is 2.18. The first-order chi connectivity index (χ1) is 8.58. The molecule has 0 unspecified atom stereocenters. The smallest absolute Gasteiger partial charge is 0.253 e. The molecule has 0 aromatic heterocycles. The van der Waals surface area contributed by atoms with Gasteiger partial charge in [0.1, 0.15) is 0 Å². The summed E-state index contributed by atoms with van der Waals surface area (Å²) in [6, 6.07) is 5.55. The minimum atomic E-state index is -0.0119. The van der Waals surface area contributed by atoms with Crippen molar-refractivity contribution in [2.24, 2.45) is 0 Å². The molecule has 4 nitrogen and oxygen atoms in total. The van der Waals surface area contributed by atoms with Crippen LogP contribution in [0.1, 0.15) is 22.3 Å². The number of carbonyl (C=O) groups excluding carboxylic acids is 2. The predicted octanol–water partition coefficient (Wildman–Crippen LogP) is 1.72. The Labute approximate surface area is 114 Å². The summed E-state index contributed by atoms with van der Waals surface area (Å²) in [6.07, 6.45) is 0.376. The summed E-state index contributed by atoms with van der Waals surface area (Å²) in [7, 11) is 0. The quantitative estimate of drug-likeness (QED) is 0.858. The Hall–Kier alpha value is -1.36. The van der Waals surface area contributed by atoms with E-state index in [2.05, 4.69) is 21.2 Å². The average Bonchev–Trinajstić information content (AvgIpc) is 2.57. The minimum absolute atomic E-state index is 0.0114. The molecule has 2 amide bonds. The standard InChI is InChI=1S/C13H15BrN2O2/c1-9-8-10(2-3-11(9)14)13(18)16-6-4-12(17)15-5-7-16/h2-3,8H,4-7H2,1H3,(H,15,17). The van der Waals surface area contributed by atoms with E-state index >= 15 is 0 Å². The largest absolute Gasteiger partial charge is 0.354 e. The van der Waals surface area contributed by atoms with Crippen LogP contribution >= 0.6 is 15.9 Å². The first-order valence-electron chi connectivity index (χ1n) is 5.90. The van der Waals surface area contributed by atoms with Crippen LogP contribution in [0.5, 0.6) is 0 Å². The summed E-state index contributed by atoms with van der Waals surface area (Å²) in [6.45, 7) is 3.54. The molecular formula is C13H15BrN2O2. The van der Waals surface area contributed by atoms with Crippen LogP contribution in [0.2, 0.25) is 0 Å². The number of nitrogens with one attached hydrogen (secondary N) is 1. The van der Waals surface area contributed by atoms with Crippen molar-refractivity contribution in [3.63, 3.8) is 0 Å². The fourth-order valence-electron chi connectivity index (χ4n) is 1.93. The molecule has 0 saturated carbocycles. The van der Waals surface area contributed by atoms with Gasteiger partial charge >= 0.3 is 0 Å². The van der Waals surface area contributed by atoms with E-state index in [0.717, 1.165) is 10.0 Å². The van der Waals surface area contributed by atoms with Crippen molar-refractivity contribution in [1.29, 1.82) is 0 Å². The molecule has 1 aromatic carbocycles. The Morgan fingerprint density at radius 3 is 2.89 bits per heavy atom. The Bertz CT molecular complexity index is 488. The summed E-state index contributed by atoms with van der Waals surface area (Å²) >= 11 is 3.42. The molecule has 1 fully saturated rings. The van der Waals surface area contributed by atoms with Gasteiger partial charge < -0.3 is 10.2 Å². The van der Waals surface area contributed by atoms with Gasteiger partial charge in [-0.3, -0.25) is 9.59 Å². The maximum Gasteiger partial charge on any atom is 0.253 e. The molecule has 0 spiro atoms. The third-order valence-electron chi connectivity index (χ3n) is 3.00. The lowest BCUT2D eigenvalue weighted by Gasteiger charge is -2.19. The normalized spacial score (nSPS) is 16.1. The maximum absolute atomic E-state index is 12.3. The van der Waals surface area contributed by atoms with E-state index in [4.69, 9.17) is 0 Å². The van der Waals surface area contributed by atoms with Crippen molar-refractivity contribution in [1.82, 2.24) is 10.2 Å². The molecular weight excluding hydrogens is 296 g/mol. The molecule has 2 rings (SSSR count). The molecule has 1 aromatic rings. The number of carbonyl (C=O) groups is 2. The van der Waals surface area contributed by atoms with Crippen molar-refractivity contribution in [3.05, 3.63) is 33.8 Å². The molecule has 0 aliphatic carbocycles. The molecule has 5 heteroatoms. The topological polar surface area (TPSA) is 49.4 Å². The van der Waals surface area contributed by atoms with E-state index in [1.807, 2.05) is 19.1 Å². The SMILES string of the molecule is Cc1cc(C(=O)N2CCNC(=O)CC2)ccc1Br. The Morgan fingerprint density at radius 2 is 2.17 bits per heavy atom. The molecule has 0 atom stereocenters. The van der Waals surface area contributed by atoms with Gasteiger partial charge in [-0.05, 0) is 30.7 Å². The minimum Gasteiger partial charge on any atom is -0.354 e. The van der Waals surface area contributed by atoms with Crippen LogP contribution in [-0.4, -0.2) is 36.3 Å². The Kier molecular flexibility index (Phi) is 4.01. The number of hydrogen-bond donors (Lipinski definition) is 1. The zero-order valence-electron chi connectivity index (χ0n) is 10.2. The lowest BCUT2D eigenvalue weighted by atomic mass is 10.1. The highest BCUT2D eigenvalue weighted by molar-refractivity contribution is 9.10. The lowest BCUT2D eigenvalue weighted by Crippen LogP contribution is -2.34. The summed E-state index contributed by atoms with van der Waals surface area (Å²) < 4.78 is 0.992. The second-order valence-electron chi connectivity index (χ2n) is 4.36. The summed E-state index contributed by atoms with van der Waals surface area (Å²) in [4.78, 5) is 25.2. The molecule has 0 bridgehead atoms.